The first-order chi connectivity index (χ1) is 29.0. The Hall–Kier alpha value is -4.53. The summed E-state index contributed by atoms with van der Waals surface area (Å²) < 4.78 is 35.3. The van der Waals surface area contributed by atoms with Crippen molar-refractivity contribution in [1.29, 1.82) is 0 Å². The standard InChI is InChI=1S/C47H61ClN2O11/c1-45(2,3)43(54)58-32-16-19-36-38(29-32)60-39-30-33(59-44(55)46(4,5)6)17-20-37(39)47(36)35-18-15-31(28-34(35)42(53)61-47)41(52)50-22-12-9-10-14-40(51)49-23-25-57-27-26-56-24-13-8-7-11-21-48/h15-20,28-30,42,53H,7-14,21-27H2,1-6H3,(H,49,51)(H,50,52). The molecule has 1 spiro atoms. The molecule has 2 amide bonds. The largest absolute Gasteiger partial charge is 0.456 e. The van der Waals surface area contributed by atoms with Crippen molar-refractivity contribution in [3.05, 3.63) is 82.4 Å². The lowest BCUT2D eigenvalue weighted by atomic mass is 9.77. The Morgan fingerprint density at radius 1 is 0.672 bits per heavy atom. The van der Waals surface area contributed by atoms with Gasteiger partial charge >= 0.3 is 11.9 Å². The van der Waals surface area contributed by atoms with Crippen LogP contribution in [0.15, 0.2) is 54.6 Å². The van der Waals surface area contributed by atoms with Gasteiger partial charge in [0.05, 0.1) is 30.7 Å². The molecule has 1 atom stereocenters. The molecule has 0 aromatic heterocycles. The Bertz CT molecular complexity index is 1930. The maximum Gasteiger partial charge on any atom is 0.316 e. The van der Waals surface area contributed by atoms with E-state index in [1.165, 1.54) is 0 Å². The molecule has 332 valence electrons. The van der Waals surface area contributed by atoms with Crippen LogP contribution in [0.3, 0.4) is 0 Å². The number of alkyl halides is 1. The summed E-state index contributed by atoms with van der Waals surface area (Å²) in [4.78, 5) is 51.1. The van der Waals surface area contributed by atoms with Gasteiger partial charge in [-0.2, -0.15) is 0 Å². The first-order valence-corrected chi connectivity index (χ1v) is 21.8. The van der Waals surface area contributed by atoms with Gasteiger partial charge in [-0.3, -0.25) is 19.2 Å². The molecule has 0 aliphatic carbocycles. The Labute approximate surface area is 364 Å². The van der Waals surface area contributed by atoms with Crippen LogP contribution in [0.4, 0.5) is 0 Å². The van der Waals surface area contributed by atoms with Crippen LogP contribution in [0.25, 0.3) is 0 Å². The van der Waals surface area contributed by atoms with Gasteiger partial charge in [-0.1, -0.05) is 25.3 Å². The van der Waals surface area contributed by atoms with Crippen LogP contribution in [-0.2, 0) is 34.2 Å². The van der Waals surface area contributed by atoms with Gasteiger partial charge in [0.2, 0.25) is 5.91 Å². The van der Waals surface area contributed by atoms with E-state index in [4.69, 9.17) is 40.0 Å². The Morgan fingerprint density at radius 3 is 1.85 bits per heavy atom. The summed E-state index contributed by atoms with van der Waals surface area (Å²) in [6, 6.07) is 15.0. The van der Waals surface area contributed by atoms with E-state index in [0.717, 1.165) is 32.1 Å². The van der Waals surface area contributed by atoms with E-state index >= 15 is 0 Å². The van der Waals surface area contributed by atoms with Gasteiger partial charge in [0, 0.05) is 71.9 Å². The first-order valence-electron chi connectivity index (χ1n) is 21.2. The summed E-state index contributed by atoms with van der Waals surface area (Å²) in [5, 5.41) is 17.3. The highest BCUT2D eigenvalue weighted by Crippen LogP contribution is 2.59. The molecular weight excluding hydrogens is 804 g/mol. The lowest BCUT2D eigenvalue weighted by Gasteiger charge is -2.37. The number of carbonyl (C=O) groups is 4. The first kappa shape index (κ1) is 47.5. The number of aliphatic hydroxyl groups is 1. The van der Waals surface area contributed by atoms with E-state index in [1.54, 1.807) is 96.1 Å². The van der Waals surface area contributed by atoms with Gasteiger partial charge < -0.3 is 44.2 Å². The third-order valence-corrected chi connectivity index (χ3v) is 10.5. The van der Waals surface area contributed by atoms with Gasteiger partial charge in [-0.15, -0.1) is 11.6 Å². The minimum atomic E-state index is -1.42. The van der Waals surface area contributed by atoms with Crippen LogP contribution >= 0.6 is 11.6 Å². The van der Waals surface area contributed by atoms with Crippen molar-refractivity contribution >= 4 is 35.4 Å². The summed E-state index contributed by atoms with van der Waals surface area (Å²) in [6.45, 7) is 13.5. The summed E-state index contributed by atoms with van der Waals surface area (Å²) in [5.41, 5.74) is -0.523. The van der Waals surface area contributed by atoms with Gasteiger partial charge in [0.15, 0.2) is 11.9 Å². The monoisotopic (exact) mass is 864 g/mol. The molecule has 3 aromatic carbocycles. The third-order valence-electron chi connectivity index (χ3n) is 10.3. The highest BCUT2D eigenvalue weighted by Gasteiger charge is 2.53. The fourth-order valence-electron chi connectivity index (χ4n) is 6.82. The van der Waals surface area contributed by atoms with Crippen LogP contribution in [0.2, 0.25) is 0 Å². The molecule has 5 rings (SSSR count). The van der Waals surface area contributed by atoms with Crippen molar-refractivity contribution < 1.29 is 52.7 Å². The number of hydrogen-bond donors (Lipinski definition) is 3. The minimum Gasteiger partial charge on any atom is -0.456 e. The van der Waals surface area contributed by atoms with Crippen molar-refractivity contribution in [2.24, 2.45) is 10.8 Å². The van der Waals surface area contributed by atoms with E-state index in [2.05, 4.69) is 10.6 Å². The molecule has 14 heteroatoms. The topological polar surface area (TPSA) is 168 Å². The molecule has 0 fully saturated rings. The number of rotatable bonds is 21. The van der Waals surface area contributed by atoms with E-state index in [0.29, 0.717) is 104 Å². The fourth-order valence-corrected chi connectivity index (χ4v) is 7.01. The van der Waals surface area contributed by atoms with E-state index in [1.807, 2.05) is 0 Å². The van der Waals surface area contributed by atoms with Gasteiger partial charge in [0.25, 0.3) is 5.91 Å². The van der Waals surface area contributed by atoms with Crippen molar-refractivity contribution in [2.45, 2.75) is 105 Å². The van der Waals surface area contributed by atoms with Crippen LogP contribution in [0.5, 0.6) is 23.0 Å². The molecule has 1 unspecified atom stereocenters. The predicted octanol–water partition coefficient (Wildman–Crippen LogP) is 8.25. The molecule has 61 heavy (non-hydrogen) atoms. The van der Waals surface area contributed by atoms with Gasteiger partial charge in [-0.05, 0) is 104 Å². The lowest BCUT2D eigenvalue weighted by molar-refractivity contribution is -0.143. The summed E-state index contributed by atoms with van der Waals surface area (Å²) >= 11 is 5.68. The van der Waals surface area contributed by atoms with Gasteiger partial charge in [0.1, 0.15) is 23.0 Å². The molecule has 13 nitrogen and oxygen atoms in total. The van der Waals surface area contributed by atoms with Crippen LogP contribution in [-0.4, -0.2) is 74.3 Å². The van der Waals surface area contributed by atoms with E-state index in [-0.39, 0.29) is 23.3 Å². The van der Waals surface area contributed by atoms with Crippen LogP contribution < -0.4 is 24.8 Å². The molecule has 0 radical (unpaired) electrons. The number of hydrogen-bond acceptors (Lipinski definition) is 11. The van der Waals surface area contributed by atoms with Crippen molar-refractivity contribution in [3.63, 3.8) is 0 Å². The van der Waals surface area contributed by atoms with E-state index < -0.39 is 34.7 Å². The predicted molar refractivity (Wildman–Crippen MR) is 230 cm³/mol. The maximum atomic E-state index is 13.3. The number of nitrogens with one attached hydrogen (secondary N) is 2. The summed E-state index contributed by atoms with van der Waals surface area (Å²) in [6.07, 6.45) is 5.38. The average molecular weight is 865 g/mol. The fraction of sp³-hybridized carbons (Fsp3) is 0.532. The number of carbonyl (C=O) groups excluding carboxylic acids is 4. The molecule has 2 aliphatic rings. The number of amides is 2. The zero-order valence-corrected chi connectivity index (χ0v) is 37.0. The zero-order valence-electron chi connectivity index (χ0n) is 36.3. The van der Waals surface area contributed by atoms with Crippen molar-refractivity contribution in [1.82, 2.24) is 10.6 Å². The normalized spacial score (nSPS) is 15.0. The molecular formula is C47H61ClN2O11. The van der Waals surface area contributed by atoms with Crippen LogP contribution in [0.1, 0.15) is 132 Å². The SMILES string of the molecule is CC(C)(C)C(=O)Oc1ccc2c(c1)Oc1cc(OC(=O)C(C)(C)C)ccc1C21OC(O)c2cc(C(=O)NCCCCCC(=O)NCCOCCOCCCCCCCl)ccc21. The average Bonchev–Trinajstić information content (AvgIpc) is 3.49. The van der Waals surface area contributed by atoms with Crippen molar-refractivity contribution in [2.75, 3.05) is 45.4 Å². The number of halogens is 1. The second kappa shape index (κ2) is 21.5. The van der Waals surface area contributed by atoms with E-state index in [9.17, 15) is 24.3 Å². The van der Waals surface area contributed by atoms with Crippen LogP contribution in [0, 0.1) is 10.8 Å². The smallest absolute Gasteiger partial charge is 0.316 e. The Balaban J connectivity index is 1.17. The summed E-state index contributed by atoms with van der Waals surface area (Å²) in [7, 11) is 0. The molecule has 2 aliphatic heterocycles. The molecule has 3 aromatic rings. The maximum absolute atomic E-state index is 13.3. The molecule has 0 saturated heterocycles. The second-order valence-corrected chi connectivity index (χ2v) is 17.8. The quantitative estimate of drug-likeness (QED) is 0.0408. The number of unbranched alkanes of at least 4 members (excludes halogenated alkanes) is 5. The number of benzene rings is 3. The number of fused-ring (bicyclic) bond motifs is 6. The minimum absolute atomic E-state index is 0.0406. The summed E-state index contributed by atoms with van der Waals surface area (Å²) in [5.74, 6) is 0.587. The number of esters is 2. The highest BCUT2D eigenvalue weighted by atomic mass is 35.5. The highest BCUT2D eigenvalue weighted by molar-refractivity contribution is 6.17. The molecule has 0 bridgehead atoms. The zero-order chi connectivity index (χ0) is 44.2. The van der Waals surface area contributed by atoms with Gasteiger partial charge in [-0.25, -0.2) is 0 Å². The number of aliphatic hydroxyl groups excluding tert-OH is 1. The lowest BCUT2D eigenvalue weighted by Crippen LogP contribution is -2.33. The molecule has 3 N–H and O–H groups in total. The second-order valence-electron chi connectivity index (χ2n) is 17.4. The third kappa shape index (κ3) is 12.5. The molecule has 0 saturated carbocycles. The Morgan fingerprint density at radius 2 is 1.25 bits per heavy atom. The number of ether oxygens (including phenoxy) is 6. The molecule has 2 heterocycles. The Kier molecular flexibility index (Phi) is 16.8. The van der Waals surface area contributed by atoms with Crippen molar-refractivity contribution in [3.8, 4) is 23.0 Å².